The van der Waals surface area contributed by atoms with Gasteiger partial charge in [0.15, 0.2) is 0 Å². The standard InChI is InChI=1S/C14H20O2S/c1-9(11-7-8-11)12-5-4-6-13(14(12)15)10(2)17(3)16/h4-6,9-11,15H,7-8H2,1-3H3. The van der Waals surface area contributed by atoms with Gasteiger partial charge in [0, 0.05) is 5.56 Å². The molecular formula is C14H20O2S. The first-order valence-electron chi connectivity index (χ1n) is 6.16. The van der Waals surface area contributed by atoms with Gasteiger partial charge in [-0.2, -0.15) is 0 Å². The molecule has 2 nitrogen and oxygen atoms in total. The first kappa shape index (κ1) is 12.8. The molecule has 3 heteroatoms. The second-order valence-corrected chi connectivity index (χ2v) is 6.76. The molecule has 0 aliphatic heterocycles. The Labute approximate surface area is 106 Å². The first-order valence-corrected chi connectivity index (χ1v) is 7.78. The number of phenols is 1. The Morgan fingerprint density at radius 3 is 2.41 bits per heavy atom. The Kier molecular flexibility index (Phi) is 3.69. The molecule has 0 bridgehead atoms. The third-order valence-electron chi connectivity index (χ3n) is 3.85. The normalized spacial score (nSPS) is 20.9. The van der Waals surface area contributed by atoms with Crippen molar-refractivity contribution >= 4 is 11.2 Å². The van der Waals surface area contributed by atoms with Crippen molar-refractivity contribution in [3.8, 4) is 5.75 Å². The number of rotatable bonds is 4. The summed E-state index contributed by atoms with van der Waals surface area (Å²) in [5, 5.41) is 10.2. The number of para-hydroxylation sites is 1. The van der Waals surface area contributed by atoms with E-state index in [4.69, 9.17) is 0 Å². The zero-order chi connectivity index (χ0) is 12.6. The maximum absolute atomic E-state index is 11.5. The summed E-state index contributed by atoms with van der Waals surface area (Å²) in [5.74, 6) is 1.49. The van der Waals surface area contributed by atoms with Crippen LogP contribution in [0.15, 0.2) is 18.2 Å². The summed E-state index contributed by atoms with van der Waals surface area (Å²) in [6.45, 7) is 4.07. The molecule has 3 atom stereocenters. The quantitative estimate of drug-likeness (QED) is 0.835. The highest BCUT2D eigenvalue weighted by atomic mass is 32.2. The fraction of sp³-hybridized carbons (Fsp3) is 0.571. The van der Waals surface area contributed by atoms with Crippen molar-refractivity contribution in [2.75, 3.05) is 6.26 Å². The van der Waals surface area contributed by atoms with Crippen LogP contribution >= 0.6 is 0 Å². The Hall–Kier alpha value is -0.670. The second-order valence-electron chi connectivity index (χ2n) is 5.05. The fourth-order valence-electron chi connectivity index (χ4n) is 2.30. The topological polar surface area (TPSA) is 43.3 Å². The molecule has 0 saturated heterocycles. The molecule has 0 amide bonds. The predicted octanol–water partition coefficient (Wildman–Crippen LogP) is 3.35. The van der Waals surface area contributed by atoms with E-state index in [9.17, 15) is 9.66 Å². The highest BCUT2D eigenvalue weighted by molar-refractivity contribution is 7.90. The van der Waals surface area contributed by atoms with E-state index in [2.05, 4.69) is 6.92 Å². The molecule has 0 spiro atoms. The lowest BCUT2D eigenvalue weighted by Gasteiger charge is -2.19. The molecule has 0 aromatic heterocycles. The molecule has 17 heavy (non-hydrogen) atoms. The molecule has 94 valence electrons. The summed E-state index contributed by atoms with van der Waals surface area (Å²) in [6.07, 6.45) is 4.21. The van der Waals surface area contributed by atoms with Crippen LogP contribution in [0, 0.1) is 5.92 Å². The van der Waals surface area contributed by atoms with Crippen molar-refractivity contribution < 1.29 is 9.66 Å². The average Bonchev–Trinajstić information content (AvgIpc) is 3.11. The molecule has 1 N–H and O–H groups in total. The Balaban J connectivity index is 2.32. The van der Waals surface area contributed by atoms with Gasteiger partial charge in [0.1, 0.15) is 11.0 Å². The van der Waals surface area contributed by atoms with E-state index in [0.717, 1.165) is 17.0 Å². The molecule has 1 fully saturated rings. The van der Waals surface area contributed by atoms with Crippen LogP contribution in [0.3, 0.4) is 0 Å². The molecular weight excluding hydrogens is 232 g/mol. The van der Waals surface area contributed by atoms with Gasteiger partial charge in [-0.15, -0.1) is 0 Å². The summed E-state index contributed by atoms with van der Waals surface area (Å²) in [6, 6.07) is 5.84. The summed E-state index contributed by atoms with van der Waals surface area (Å²) in [7, 11) is 0. The van der Waals surface area contributed by atoms with Crippen LogP contribution in [-0.4, -0.2) is 15.9 Å². The second kappa shape index (κ2) is 4.91. The van der Waals surface area contributed by atoms with Crippen LogP contribution < -0.4 is 0 Å². The van der Waals surface area contributed by atoms with Crippen molar-refractivity contribution in [2.24, 2.45) is 5.92 Å². The summed E-state index contributed by atoms with van der Waals surface area (Å²) in [5.41, 5.74) is 1.83. The third kappa shape index (κ3) is 2.61. The van der Waals surface area contributed by atoms with Crippen LogP contribution in [0.4, 0.5) is 0 Å². The van der Waals surface area contributed by atoms with E-state index in [-0.39, 0.29) is 5.25 Å². The van der Waals surface area contributed by atoms with Crippen molar-refractivity contribution in [1.82, 2.24) is 0 Å². The van der Waals surface area contributed by atoms with Gasteiger partial charge in [0.25, 0.3) is 0 Å². The number of hydrogen-bond donors (Lipinski definition) is 1. The Morgan fingerprint density at radius 2 is 1.88 bits per heavy atom. The molecule has 0 radical (unpaired) electrons. The van der Waals surface area contributed by atoms with E-state index >= 15 is 0 Å². The monoisotopic (exact) mass is 252 g/mol. The largest absolute Gasteiger partial charge is 0.616 e. The molecule has 1 saturated carbocycles. The number of hydrogen-bond acceptors (Lipinski definition) is 2. The van der Waals surface area contributed by atoms with E-state index in [1.807, 2.05) is 25.1 Å². The van der Waals surface area contributed by atoms with E-state index in [1.54, 1.807) is 6.26 Å². The number of benzene rings is 1. The molecule has 3 unspecified atom stereocenters. The summed E-state index contributed by atoms with van der Waals surface area (Å²) in [4.78, 5) is 0. The summed E-state index contributed by atoms with van der Waals surface area (Å²) >= 11 is -0.948. The van der Waals surface area contributed by atoms with Crippen molar-refractivity contribution in [1.29, 1.82) is 0 Å². The van der Waals surface area contributed by atoms with Crippen molar-refractivity contribution in [3.63, 3.8) is 0 Å². The number of phenolic OH excluding ortho intramolecular Hbond substituents is 1. The summed E-state index contributed by atoms with van der Waals surface area (Å²) < 4.78 is 11.5. The van der Waals surface area contributed by atoms with Crippen LogP contribution in [0.2, 0.25) is 0 Å². The highest BCUT2D eigenvalue weighted by Crippen LogP contribution is 2.46. The SMILES string of the molecule is CC(c1cccc(C(C)[S+](C)[O-])c1O)C1CC1. The minimum Gasteiger partial charge on any atom is -0.616 e. The third-order valence-corrected chi connectivity index (χ3v) is 5.10. The van der Waals surface area contributed by atoms with Crippen LogP contribution in [0.25, 0.3) is 0 Å². The van der Waals surface area contributed by atoms with Crippen LogP contribution in [-0.2, 0) is 11.2 Å². The predicted molar refractivity (Wildman–Crippen MR) is 71.7 cm³/mol. The van der Waals surface area contributed by atoms with Gasteiger partial charge in [-0.1, -0.05) is 25.1 Å². The van der Waals surface area contributed by atoms with Gasteiger partial charge in [0.05, 0.1) is 6.26 Å². The zero-order valence-electron chi connectivity index (χ0n) is 10.6. The van der Waals surface area contributed by atoms with Gasteiger partial charge in [-0.3, -0.25) is 0 Å². The Bertz CT molecular complexity index is 373. The van der Waals surface area contributed by atoms with E-state index in [1.165, 1.54) is 12.8 Å². The van der Waals surface area contributed by atoms with E-state index in [0.29, 0.717) is 11.7 Å². The lowest BCUT2D eigenvalue weighted by molar-refractivity contribution is 0.451. The van der Waals surface area contributed by atoms with Gasteiger partial charge < -0.3 is 9.66 Å². The molecule has 1 aliphatic carbocycles. The van der Waals surface area contributed by atoms with Crippen LogP contribution in [0.5, 0.6) is 5.75 Å². The van der Waals surface area contributed by atoms with E-state index < -0.39 is 11.2 Å². The average molecular weight is 252 g/mol. The van der Waals surface area contributed by atoms with Gasteiger partial charge >= 0.3 is 0 Å². The fourth-order valence-corrected chi connectivity index (χ4v) is 2.85. The molecule has 1 aromatic carbocycles. The lowest BCUT2D eigenvalue weighted by Crippen LogP contribution is -2.09. The lowest BCUT2D eigenvalue weighted by atomic mass is 9.93. The Morgan fingerprint density at radius 1 is 1.29 bits per heavy atom. The van der Waals surface area contributed by atoms with Gasteiger partial charge in [-0.25, -0.2) is 0 Å². The van der Waals surface area contributed by atoms with Gasteiger partial charge in [0.2, 0.25) is 0 Å². The van der Waals surface area contributed by atoms with Crippen molar-refractivity contribution in [2.45, 2.75) is 37.9 Å². The maximum Gasteiger partial charge on any atom is 0.141 e. The highest BCUT2D eigenvalue weighted by Gasteiger charge is 2.31. The minimum atomic E-state index is -0.948. The minimum absolute atomic E-state index is 0.110. The zero-order valence-corrected chi connectivity index (χ0v) is 11.5. The maximum atomic E-state index is 11.5. The molecule has 1 aromatic rings. The van der Waals surface area contributed by atoms with Crippen LogP contribution in [0.1, 0.15) is 49.0 Å². The first-order chi connectivity index (χ1) is 8.02. The molecule has 0 heterocycles. The van der Waals surface area contributed by atoms with Crippen molar-refractivity contribution in [3.05, 3.63) is 29.3 Å². The smallest absolute Gasteiger partial charge is 0.141 e. The molecule has 2 rings (SSSR count). The number of aromatic hydroxyl groups is 1. The molecule has 1 aliphatic rings. The van der Waals surface area contributed by atoms with Gasteiger partial charge in [-0.05, 0) is 48.3 Å².